The molecule has 1 amide bonds. The van der Waals surface area contributed by atoms with Gasteiger partial charge in [0.2, 0.25) is 11.9 Å². The quantitative estimate of drug-likeness (QED) is 0.635. The molecule has 0 unspecified atom stereocenters. The highest BCUT2D eigenvalue weighted by molar-refractivity contribution is 6.01. The Morgan fingerprint density at radius 3 is 2.70 bits per heavy atom. The molecule has 1 atom stereocenters. The number of aromatic nitrogens is 2. The molecule has 1 aromatic heterocycles. The standard InChI is InChI=1S/C21H20F3N5O4/c1-12(2)20(10-25)6-8-29(18(20)32)16-5-7-26-19(28-16)27-13-3-4-14(17(30)31)15(9-13)33-11-21(22,23)24/h3-5,7,9,12H,6,8,11H2,1-2H3,(H,30,31)(H,26,27,28)/t20-/m1/s1. The lowest BCUT2D eigenvalue weighted by atomic mass is 9.77. The lowest BCUT2D eigenvalue weighted by Crippen LogP contribution is -2.37. The molecule has 3 rings (SSSR count). The predicted octanol–water partition coefficient (Wildman–Crippen LogP) is 3.76. The van der Waals surface area contributed by atoms with Crippen molar-refractivity contribution in [2.24, 2.45) is 11.3 Å². The number of anilines is 3. The molecule has 1 fully saturated rings. The highest BCUT2D eigenvalue weighted by atomic mass is 19.4. The fourth-order valence-electron chi connectivity index (χ4n) is 3.47. The maximum atomic E-state index is 12.9. The Kier molecular flexibility index (Phi) is 6.44. The van der Waals surface area contributed by atoms with Crippen LogP contribution < -0.4 is 15.0 Å². The van der Waals surface area contributed by atoms with Crippen LogP contribution >= 0.6 is 0 Å². The first-order valence-corrected chi connectivity index (χ1v) is 9.87. The van der Waals surface area contributed by atoms with Gasteiger partial charge in [-0.1, -0.05) is 13.8 Å². The summed E-state index contributed by atoms with van der Waals surface area (Å²) in [5, 5.41) is 21.5. The number of alkyl halides is 3. The van der Waals surface area contributed by atoms with Crippen LogP contribution in [0.3, 0.4) is 0 Å². The number of nitrogens with zero attached hydrogens (tertiary/aromatic N) is 4. The number of nitrogens with one attached hydrogen (secondary N) is 1. The van der Waals surface area contributed by atoms with Crippen molar-refractivity contribution in [2.75, 3.05) is 23.4 Å². The van der Waals surface area contributed by atoms with Crippen molar-refractivity contribution in [1.82, 2.24) is 9.97 Å². The maximum Gasteiger partial charge on any atom is 0.422 e. The molecule has 0 radical (unpaired) electrons. The highest BCUT2D eigenvalue weighted by Gasteiger charge is 2.50. The third kappa shape index (κ3) is 4.97. The van der Waals surface area contributed by atoms with E-state index in [1.165, 1.54) is 23.2 Å². The number of hydrogen-bond acceptors (Lipinski definition) is 7. The minimum atomic E-state index is -4.65. The lowest BCUT2D eigenvalue weighted by molar-refractivity contribution is -0.153. The van der Waals surface area contributed by atoms with E-state index in [2.05, 4.69) is 26.1 Å². The Morgan fingerprint density at radius 2 is 2.12 bits per heavy atom. The molecule has 2 N–H and O–H groups in total. The van der Waals surface area contributed by atoms with Crippen molar-refractivity contribution in [3.8, 4) is 11.8 Å². The van der Waals surface area contributed by atoms with Gasteiger partial charge in [-0.15, -0.1) is 0 Å². The van der Waals surface area contributed by atoms with Gasteiger partial charge in [0.15, 0.2) is 6.61 Å². The van der Waals surface area contributed by atoms with Gasteiger partial charge in [0.1, 0.15) is 22.5 Å². The summed E-state index contributed by atoms with van der Waals surface area (Å²) >= 11 is 0. The zero-order chi connectivity index (χ0) is 24.4. The topological polar surface area (TPSA) is 128 Å². The van der Waals surface area contributed by atoms with Crippen molar-refractivity contribution in [1.29, 1.82) is 5.26 Å². The molecule has 174 valence electrons. The largest absolute Gasteiger partial charge is 0.483 e. The molecule has 1 saturated heterocycles. The summed E-state index contributed by atoms with van der Waals surface area (Å²) in [4.78, 5) is 33.9. The molecule has 2 heterocycles. The maximum absolute atomic E-state index is 12.9. The van der Waals surface area contributed by atoms with Gasteiger partial charge in [-0.3, -0.25) is 9.69 Å². The number of ether oxygens (including phenoxy) is 1. The van der Waals surface area contributed by atoms with Gasteiger partial charge < -0.3 is 15.2 Å². The molecular weight excluding hydrogens is 443 g/mol. The van der Waals surface area contributed by atoms with Crippen LogP contribution in [0.5, 0.6) is 5.75 Å². The number of carboxylic acids is 1. The Morgan fingerprint density at radius 1 is 1.39 bits per heavy atom. The van der Waals surface area contributed by atoms with Crippen LogP contribution in [0.1, 0.15) is 30.6 Å². The average molecular weight is 463 g/mol. The second-order valence-corrected chi connectivity index (χ2v) is 7.73. The first-order valence-electron chi connectivity index (χ1n) is 9.87. The Bertz CT molecular complexity index is 1120. The van der Waals surface area contributed by atoms with Crippen LogP contribution in [0.4, 0.5) is 30.6 Å². The van der Waals surface area contributed by atoms with Crippen LogP contribution in [-0.2, 0) is 4.79 Å². The summed E-state index contributed by atoms with van der Waals surface area (Å²) in [6, 6.07) is 7.13. The second-order valence-electron chi connectivity index (χ2n) is 7.73. The molecule has 12 heteroatoms. The number of nitriles is 1. The van der Waals surface area contributed by atoms with Crippen molar-refractivity contribution < 1.29 is 32.6 Å². The van der Waals surface area contributed by atoms with E-state index < -0.39 is 35.5 Å². The zero-order valence-electron chi connectivity index (χ0n) is 17.7. The lowest BCUT2D eigenvalue weighted by Gasteiger charge is -2.24. The SMILES string of the molecule is CC(C)[C@]1(C#N)CCN(c2ccnc(Nc3ccc(C(=O)O)c(OCC(F)(F)F)c3)n2)C1=O. The molecule has 0 saturated carbocycles. The van der Waals surface area contributed by atoms with E-state index in [4.69, 9.17) is 0 Å². The molecule has 1 aliphatic heterocycles. The van der Waals surface area contributed by atoms with Gasteiger partial charge in [0.25, 0.3) is 0 Å². The number of halogens is 3. The third-order valence-electron chi connectivity index (χ3n) is 5.32. The van der Waals surface area contributed by atoms with Gasteiger partial charge in [-0.05, 0) is 30.5 Å². The number of carbonyl (C=O) groups excluding carboxylic acids is 1. The third-order valence-corrected chi connectivity index (χ3v) is 5.32. The van der Waals surface area contributed by atoms with E-state index in [0.717, 1.165) is 12.1 Å². The minimum Gasteiger partial charge on any atom is -0.483 e. The average Bonchev–Trinajstić information content (AvgIpc) is 3.09. The molecule has 1 aromatic carbocycles. The summed E-state index contributed by atoms with van der Waals surface area (Å²) in [6.07, 6.45) is -2.91. The first-order chi connectivity index (χ1) is 15.5. The first kappa shape index (κ1) is 23.8. The van der Waals surface area contributed by atoms with Gasteiger partial charge in [0.05, 0.1) is 6.07 Å². The summed E-state index contributed by atoms with van der Waals surface area (Å²) in [7, 11) is 0. The van der Waals surface area contributed by atoms with Gasteiger partial charge in [-0.2, -0.15) is 23.4 Å². The number of carboxylic acid groups (broad SMARTS) is 1. The molecule has 0 aliphatic carbocycles. The number of carbonyl (C=O) groups is 2. The van der Waals surface area contributed by atoms with Gasteiger partial charge >= 0.3 is 12.1 Å². The van der Waals surface area contributed by atoms with Crippen LogP contribution in [0, 0.1) is 22.7 Å². The van der Waals surface area contributed by atoms with Crippen molar-refractivity contribution >= 4 is 29.3 Å². The number of benzene rings is 1. The van der Waals surface area contributed by atoms with Crippen LogP contribution in [0.15, 0.2) is 30.5 Å². The Labute approximate surface area is 186 Å². The normalized spacial score (nSPS) is 18.3. The fourth-order valence-corrected chi connectivity index (χ4v) is 3.47. The van der Waals surface area contributed by atoms with Crippen molar-refractivity contribution in [3.05, 3.63) is 36.0 Å². The number of amides is 1. The van der Waals surface area contributed by atoms with E-state index in [0.29, 0.717) is 13.0 Å². The number of rotatable bonds is 7. The van der Waals surface area contributed by atoms with E-state index in [1.54, 1.807) is 13.8 Å². The summed E-state index contributed by atoms with van der Waals surface area (Å²) < 4.78 is 42.2. The van der Waals surface area contributed by atoms with Crippen LogP contribution in [0.2, 0.25) is 0 Å². The highest BCUT2D eigenvalue weighted by Crippen LogP contribution is 2.40. The molecule has 0 spiro atoms. The van der Waals surface area contributed by atoms with Gasteiger partial charge in [0, 0.05) is 24.5 Å². The Balaban J connectivity index is 1.84. The Hall–Kier alpha value is -3.88. The van der Waals surface area contributed by atoms with E-state index in [1.807, 2.05) is 0 Å². The minimum absolute atomic E-state index is 0.0177. The van der Waals surface area contributed by atoms with Crippen LogP contribution in [0.25, 0.3) is 0 Å². The zero-order valence-corrected chi connectivity index (χ0v) is 17.7. The number of aromatic carboxylic acids is 1. The molecular formula is C21H20F3N5O4. The molecule has 33 heavy (non-hydrogen) atoms. The second kappa shape index (κ2) is 8.93. The van der Waals surface area contributed by atoms with Crippen molar-refractivity contribution in [3.63, 3.8) is 0 Å². The molecule has 1 aliphatic rings. The molecule has 2 aromatic rings. The van der Waals surface area contributed by atoms with E-state index in [-0.39, 0.29) is 29.3 Å². The molecule has 0 bridgehead atoms. The number of hydrogen-bond donors (Lipinski definition) is 2. The molecule has 9 nitrogen and oxygen atoms in total. The summed E-state index contributed by atoms with van der Waals surface area (Å²) in [6.45, 7) is 2.24. The van der Waals surface area contributed by atoms with E-state index >= 15 is 0 Å². The predicted molar refractivity (Wildman–Crippen MR) is 110 cm³/mol. The monoisotopic (exact) mass is 463 g/mol. The van der Waals surface area contributed by atoms with Crippen LogP contribution in [-0.4, -0.2) is 46.3 Å². The summed E-state index contributed by atoms with van der Waals surface area (Å²) in [5.41, 5.74) is -1.41. The smallest absolute Gasteiger partial charge is 0.422 e. The van der Waals surface area contributed by atoms with E-state index in [9.17, 15) is 33.1 Å². The fraction of sp³-hybridized carbons (Fsp3) is 0.381. The van der Waals surface area contributed by atoms with Crippen molar-refractivity contribution in [2.45, 2.75) is 26.4 Å². The van der Waals surface area contributed by atoms with Gasteiger partial charge in [-0.25, -0.2) is 9.78 Å². The summed E-state index contributed by atoms with van der Waals surface area (Å²) in [5.74, 6) is -2.21.